The van der Waals surface area contributed by atoms with Crippen LogP contribution >= 0.6 is 35.3 Å². The molecule has 0 unspecified atom stereocenters. The number of hydrogen-bond donors (Lipinski definition) is 1. The Morgan fingerprint density at radius 2 is 1.93 bits per heavy atom. The van der Waals surface area contributed by atoms with Crippen molar-refractivity contribution >= 4 is 58.2 Å². The van der Waals surface area contributed by atoms with Crippen LogP contribution in [-0.2, 0) is 11.3 Å². The summed E-state index contributed by atoms with van der Waals surface area (Å²) >= 11 is 1.66. The molecule has 1 amide bonds. The number of cyclic esters (lactones) is 1. The highest BCUT2D eigenvalue weighted by molar-refractivity contribution is 14.0. The fraction of sp³-hybridized carbons (Fsp3) is 0.389. The van der Waals surface area contributed by atoms with E-state index in [1.54, 1.807) is 16.2 Å². The number of thiazole rings is 1. The van der Waals surface area contributed by atoms with Gasteiger partial charge in [-0.05, 0) is 17.7 Å². The van der Waals surface area contributed by atoms with Crippen LogP contribution in [0.1, 0.15) is 5.56 Å². The fourth-order valence-electron chi connectivity index (χ4n) is 3.18. The molecule has 3 heterocycles. The van der Waals surface area contributed by atoms with E-state index in [4.69, 9.17) is 10.5 Å². The zero-order valence-electron chi connectivity index (χ0n) is 15.4. The van der Waals surface area contributed by atoms with E-state index in [1.165, 1.54) is 0 Å². The minimum Gasteiger partial charge on any atom is -0.447 e. The molecule has 0 bridgehead atoms. The number of rotatable bonds is 4. The van der Waals surface area contributed by atoms with Gasteiger partial charge in [-0.2, -0.15) is 0 Å². The quantitative estimate of drug-likeness (QED) is 0.383. The van der Waals surface area contributed by atoms with Crippen molar-refractivity contribution in [2.45, 2.75) is 6.54 Å². The molecule has 4 rings (SSSR count). The topological polar surface area (TPSA) is 87.3 Å². The number of nitrogens with zero attached hydrogens (tertiary/aromatic N) is 5. The third-order valence-electron chi connectivity index (χ3n) is 4.73. The lowest BCUT2D eigenvalue weighted by molar-refractivity contribution is 0.181. The number of amides is 1. The zero-order chi connectivity index (χ0) is 18.6. The van der Waals surface area contributed by atoms with Gasteiger partial charge in [-0.3, -0.25) is 4.90 Å². The Hall–Kier alpha value is -2.08. The number of guanidine groups is 1. The van der Waals surface area contributed by atoms with Gasteiger partial charge in [0, 0.05) is 43.4 Å². The van der Waals surface area contributed by atoms with E-state index in [2.05, 4.69) is 19.8 Å². The molecule has 0 saturated carbocycles. The molecule has 0 spiro atoms. The van der Waals surface area contributed by atoms with Crippen LogP contribution in [0.15, 0.2) is 40.8 Å². The molecule has 2 fully saturated rings. The van der Waals surface area contributed by atoms with Gasteiger partial charge in [0.05, 0.1) is 13.1 Å². The van der Waals surface area contributed by atoms with Gasteiger partial charge in [0.25, 0.3) is 0 Å². The minimum absolute atomic E-state index is 0. The largest absolute Gasteiger partial charge is 0.447 e. The molecule has 150 valence electrons. The number of carbonyl (C=O) groups excluding carboxylic acids is 1. The molecule has 2 aromatic rings. The van der Waals surface area contributed by atoms with Crippen LogP contribution in [0.4, 0.5) is 15.6 Å². The minimum atomic E-state index is -0.290. The predicted octanol–water partition coefficient (Wildman–Crippen LogP) is 2.35. The SMILES string of the molecule is I.NC(=NCc1ccc(N2CCOC2=O)cc1)N1CCN(c2nccs2)CC1. The molecule has 2 saturated heterocycles. The maximum Gasteiger partial charge on any atom is 0.414 e. The van der Waals surface area contributed by atoms with Crippen LogP contribution in [0.25, 0.3) is 0 Å². The maximum absolute atomic E-state index is 11.6. The Morgan fingerprint density at radius 3 is 2.54 bits per heavy atom. The summed E-state index contributed by atoms with van der Waals surface area (Å²) < 4.78 is 4.96. The molecule has 28 heavy (non-hydrogen) atoms. The number of aliphatic imine (C=N–C) groups is 1. The number of aromatic nitrogens is 1. The van der Waals surface area contributed by atoms with E-state index < -0.39 is 0 Å². The Kier molecular flexibility index (Phi) is 6.94. The lowest BCUT2D eigenvalue weighted by atomic mass is 10.2. The Bertz CT molecular complexity index is 806. The highest BCUT2D eigenvalue weighted by Gasteiger charge is 2.23. The lowest BCUT2D eigenvalue weighted by Gasteiger charge is -2.35. The number of ether oxygens (including phenoxy) is 1. The number of benzene rings is 1. The van der Waals surface area contributed by atoms with Gasteiger partial charge in [-0.15, -0.1) is 35.3 Å². The summed E-state index contributed by atoms with van der Waals surface area (Å²) in [6.07, 6.45) is 1.54. The Morgan fingerprint density at radius 1 is 1.18 bits per heavy atom. The van der Waals surface area contributed by atoms with Gasteiger partial charge < -0.3 is 20.3 Å². The van der Waals surface area contributed by atoms with Gasteiger partial charge >= 0.3 is 6.09 Å². The molecule has 1 aromatic heterocycles. The number of nitrogens with two attached hydrogens (primary N) is 1. The van der Waals surface area contributed by atoms with Gasteiger partial charge in [-0.25, -0.2) is 14.8 Å². The molecule has 0 radical (unpaired) electrons. The van der Waals surface area contributed by atoms with Crippen molar-refractivity contribution < 1.29 is 9.53 Å². The molecule has 10 heteroatoms. The summed E-state index contributed by atoms with van der Waals surface area (Å²) in [5.41, 5.74) is 8.08. The first-order valence-corrected chi connectivity index (χ1v) is 9.81. The van der Waals surface area contributed by atoms with Crippen molar-refractivity contribution in [3.05, 3.63) is 41.4 Å². The van der Waals surface area contributed by atoms with E-state index in [1.807, 2.05) is 35.8 Å². The number of carbonyl (C=O) groups is 1. The summed E-state index contributed by atoms with van der Waals surface area (Å²) in [5, 5.41) is 3.06. The molecule has 2 aliphatic heterocycles. The molecule has 0 atom stereocenters. The first-order chi connectivity index (χ1) is 13.2. The number of anilines is 2. The van der Waals surface area contributed by atoms with Crippen molar-refractivity contribution in [3.8, 4) is 0 Å². The molecular formula is C18H23IN6O2S. The zero-order valence-corrected chi connectivity index (χ0v) is 18.5. The third-order valence-corrected chi connectivity index (χ3v) is 5.56. The highest BCUT2D eigenvalue weighted by Crippen LogP contribution is 2.20. The smallest absolute Gasteiger partial charge is 0.414 e. The molecule has 2 N–H and O–H groups in total. The maximum atomic E-state index is 11.6. The summed E-state index contributed by atoms with van der Waals surface area (Å²) in [4.78, 5) is 26.5. The number of hydrogen-bond acceptors (Lipinski definition) is 6. The van der Waals surface area contributed by atoms with Gasteiger partial charge in [0.1, 0.15) is 6.61 Å². The average Bonchev–Trinajstić information content (AvgIpc) is 3.39. The fourth-order valence-corrected chi connectivity index (χ4v) is 3.88. The van der Waals surface area contributed by atoms with Crippen molar-refractivity contribution in [1.29, 1.82) is 0 Å². The summed E-state index contributed by atoms with van der Waals surface area (Å²) in [6, 6.07) is 7.77. The van der Waals surface area contributed by atoms with Crippen LogP contribution in [-0.4, -0.2) is 61.3 Å². The summed E-state index contributed by atoms with van der Waals surface area (Å²) in [7, 11) is 0. The van der Waals surface area contributed by atoms with E-state index in [0.717, 1.165) is 42.6 Å². The van der Waals surface area contributed by atoms with Crippen LogP contribution in [0.2, 0.25) is 0 Å². The molecular weight excluding hydrogens is 491 g/mol. The third kappa shape index (κ3) is 4.66. The van der Waals surface area contributed by atoms with Gasteiger partial charge in [0.2, 0.25) is 0 Å². The van der Waals surface area contributed by atoms with Crippen LogP contribution in [0, 0.1) is 0 Å². The first kappa shape index (κ1) is 20.6. The van der Waals surface area contributed by atoms with Crippen LogP contribution < -0.4 is 15.5 Å². The van der Waals surface area contributed by atoms with Crippen molar-refractivity contribution in [1.82, 2.24) is 9.88 Å². The molecule has 8 nitrogen and oxygen atoms in total. The Balaban J connectivity index is 0.00000225. The first-order valence-electron chi connectivity index (χ1n) is 8.93. The highest BCUT2D eigenvalue weighted by atomic mass is 127. The second-order valence-corrected chi connectivity index (χ2v) is 7.27. The number of piperazine rings is 1. The standard InChI is InChI=1S/C18H22N6O2S.HI/c19-16(22-6-8-23(9-7-22)17-20-5-12-27-17)21-13-14-1-3-15(4-2-14)24-10-11-26-18(24)25;/h1-5,12H,6-11,13H2,(H2,19,21);1H. The lowest BCUT2D eigenvalue weighted by Crippen LogP contribution is -2.51. The summed E-state index contributed by atoms with van der Waals surface area (Å²) in [5.74, 6) is 0.570. The van der Waals surface area contributed by atoms with Crippen molar-refractivity contribution in [3.63, 3.8) is 0 Å². The molecule has 1 aromatic carbocycles. The Labute approximate surface area is 185 Å². The predicted molar refractivity (Wildman–Crippen MR) is 122 cm³/mol. The number of halogens is 1. The van der Waals surface area contributed by atoms with E-state index >= 15 is 0 Å². The summed E-state index contributed by atoms with van der Waals surface area (Å²) in [6.45, 7) is 5.02. The molecule has 0 aliphatic carbocycles. The van der Waals surface area contributed by atoms with E-state index in [0.29, 0.717) is 25.7 Å². The average molecular weight is 514 g/mol. The van der Waals surface area contributed by atoms with Gasteiger partial charge in [0.15, 0.2) is 11.1 Å². The van der Waals surface area contributed by atoms with Gasteiger partial charge in [-0.1, -0.05) is 12.1 Å². The second-order valence-electron chi connectivity index (χ2n) is 6.40. The van der Waals surface area contributed by atoms with E-state index in [9.17, 15) is 4.79 Å². The normalized spacial score (nSPS) is 17.5. The van der Waals surface area contributed by atoms with Crippen molar-refractivity contribution in [2.75, 3.05) is 49.1 Å². The van der Waals surface area contributed by atoms with Crippen molar-refractivity contribution in [2.24, 2.45) is 10.7 Å². The van der Waals surface area contributed by atoms with Crippen LogP contribution in [0.5, 0.6) is 0 Å². The van der Waals surface area contributed by atoms with E-state index in [-0.39, 0.29) is 30.1 Å². The monoisotopic (exact) mass is 514 g/mol. The second kappa shape index (κ2) is 9.41. The molecule has 2 aliphatic rings. The van der Waals surface area contributed by atoms with Crippen LogP contribution in [0.3, 0.4) is 0 Å².